The molecule has 0 unspecified atom stereocenters. The number of nitrogens with one attached hydrogen (secondary N) is 1. The molecule has 8 heteroatoms. The first-order valence-electron chi connectivity index (χ1n) is 12.7. The second kappa shape index (κ2) is 10.4. The Balaban J connectivity index is 1.53. The van der Waals surface area contributed by atoms with E-state index < -0.39 is 12.1 Å². The number of benzene rings is 1. The maximum Gasteiger partial charge on any atom is 0.254 e. The summed E-state index contributed by atoms with van der Waals surface area (Å²) in [5, 5.41) is 3.05. The molecule has 1 aromatic rings. The first kappa shape index (κ1) is 24.7. The number of ketones is 1. The molecule has 5 atom stereocenters. The summed E-state index contributed by atoms with van der Waals surface area (Å²) in [5.41, 5.74) is 1.49. The topological polar surface area (TPSA) is 82.2 Å². The number of hydrogen-bond acceptors (Lipinski definition) is 6. The van der Waals surface area contributed by atoms with Crippen LogP contribution in [-0.4, -0.2) is 91.5 Å². The van der Waals surface area contributed by atoms with E-state index >= 15 is 0 Å². The average Bonchev–Trinajstić information content (AvgIpc) is 3.41. The summed E-state index contributed by atoms with van der Waals surface area (Å²) in [5.74, 6) is -0.451. The van der Waals surface area contributed by atoms with Gasteiger partial charge in [0.15, 0.2) is 5.78 Å². The third-order valence-electron chi connectivity index (χ3n) is 7.80. The van der Waals surface area contributed by atoms with Crippen molar-refractivity contribution in [3.63, 3.8) is 0 Å². The van der Waals surface area contributed by atoms with Crippen LogP contribution in [0.1, 0.15) is 44.5 Å². The largest absolute Gasteiger partial charge is 0.368 e. The first-order valence-corrected chi connectivity index (χ1v) is 12.7. The van der Waals surface area contributed by atoms with E-state index in [9.17, 15) is 14.4 Å². The summed E-state index contributed by atoms with van der Waals surface area (Å²) in [6.07, 6.45) is 0.492. The monoisotopic (exact) mass is 470 g/mol. The Kier molecular flexibility index (Phi) is 7.57. The van der Waals surface area contributed by atoms with Crippen LogP contribution >= 0.6 is 0 Å². The maximum absolute atomic E-state index is 13.7. The normalized spacial score (nSPS) is 26.9. The van der Waals surface area contributed by atoms with Crippen LogP contribution in [-0.2, 0) is 14.3 Å². The van der Waals surface area contributed by atoms with E-state index in [1.54, 1.807) is 4.90 Å². The summed E-state index contributed by atoms with van der Waals surface area (Å²) in [4.78, 5) is 46.0. The molecule has 34 heavy (non-hydrogen) atoms. The Morgan fingerprint density at radius 3 is 2.53 bits per heavy atom. The molecule has 0 aromatic heterocycles. The van der Waals surface area contributed by atoms with Gasteiger partial charge in [-0.15, -0.1) is 0 Å². The number of likely N-dealkylation sites (N-methyl/N-ethyl adjacent to an activating group) is 1. The van der Waals surface area contributed by atoms with Gasteiger partial charge in [-0.25, -0.2) is 0 Å². The van der Waals surface area contributed by atoms with Crippen molar-refractivity contribution in [2.75, 3.05) is 50.8 Å². The number of Topliss-reactive ketones (excluding diaryl/α,β-unsaturated/α-hetero) is 1. The number of carbonyl (C=O) groups excluding carboxylic acids is 3. The van der Waals surface area contributed by atoms with E-state index in [1.807, 2.05) is 45.0 Å². The molecule has 0 saturated carbocycles. The summed E-state index contributed by atoms with van der Waals surface area (Å²) in [6, 6.07) is 6.40. The Bertz CT molecular complexity index is 914. The van der Waals surface area contributed by atoms with Crippen molar-refractivity contribution in [2.45, 2.75) is 52.3 Å². The lowest BCUT2D eigenvalue weighted by Crippen LogP contribution is -2.54. The molecule has 0 bridgehead atoms. The molecule has 3 aliphatic heterocycles. The highest BCUT2D eigenvalue weighted by Gasteiger charge is 2.52. The first-order chi connectivity index (χ1) is 16.3. The fourth-order valence-electron chi connectivity index (χ4n) is 5.45. The van der Waals surface area contributed by atoms with Crippen LogP contribution in [0.15, 0.2) is 24.3 Å². The molecule has 0 aliphatic carbocycles. The number of nitrogens with zero attached hydrogens (tertiary/aromatic N) is 3. The number of hydrogen-bond donors (Lipinski definition) is 1. The van der Waals surface area contributed by atoms with Crippen molar-refractivity contribution in [2.24, 2.45) is 11.8 Å². The number of likely N-dealkylation sites (tertiary alicyclic amines) is 1. The van der Waals surface area contributed by atoms with Gasteiger partial charge in [0.25, 0.3) is 5.91 Å². The van der Waals surface area contributed by atoms with Crippen molar-refractivity contribution in [1.29, 1.82) is 0 Å². The van der Waals surface area contributed by atoms with E-state index in [-0.39, 0.29) is 42.1 Å². The summed E-state index contributed by atoms with van der Waals surface area (Å²) in [6.45, 7) is 13.4. The minimum atomic E-state index is -0.693. The molecule has 8 nitrogen and oxygen atoms in total. The lowest BCUT2D eigenvalue weighted by molar-refractivity contribution is -0.139. The molecule has 0 radical (unpaired) electrons. The van der Waals surface area contributed by atoms with Crippen LogP contribution in [0.5, 0.6) is 0 Å². The average molecular weight is 471 g/mol. The van der Waals surface area contributed by atoms with Gasteiger partial charge >= 0.3 is 0 Å². The van der Waals surface area contributed by atoms with Crippen molar-refractivity contribution < 1.29 is 19.1 Å². The quantitative estimate of drug-likeness (QED) is 0.654. The molecular formula is C26H38N4O4. The second-order valence-corrected chi connectivity index (χ2v) is 9.93. The molecule has 186 valence electrons. The fourth-order valence-corrected chi connectivity index (χ4v) is 5.45. The highest BCUT2D eigenvalue weighted by atomic mass is 16.5. The van der Waals surface area contributed by atoms with Crippen LogP contribution in [0, 0.1) is 11.8 Å². The van der Waals surface area contributed by atoms with Crippen molar-refractivity contribution in [1.82, 2.24) is 15.1 Å². The molecule has 1 N–H and O–H groups in total. The third kappa shape index (κ3) is 4.70. The van der Waals surface area contributed by atoms with Gasteiger partial charge < -0.3 is 24.8 Å². The number of carbonyl (C=O) groups is 3. The number of para-hydroxylation sites is 1. The van der Waals surface area contributed by atoms with Gasteiger partial charge in [0, 0.05) is 44.3 Å². The van der Waals surface area contributed by atoms with Crippen molar-refractivity contribution in [3.8, 4) is 0 Å². The van der Waals surface area contributed by atoms with E-state index in [2.05, 4.69) is 22.0 Å². The molecule has 3 saturated heterocycles. The van der Waals surface area contributed by atoms with E-state index in [0.29, 0.717) is 12.1 Å². The van der Waals surface area contributed by atoms with Gasteiger partial charge in [0.2, 0.25) is 5.91 Å². The second-order valence-electron chi connectivity index (χ2n) is 9.93. The number of fused-ring (bicyclic) bond motifs is 1. The summed E-state index contributed by atoms with van der Waals surface area (Å²) in [7, 11) is 0. The standard InChI is InChI=1S/C26H38N4O4/c1-5-17(3)22(26(33)30-15-18(4)24-23(30)21(31)16-34-24)27-25(32)19-9-7-8-10-20(19)29-13-11-28(6-2)12-14-29/h7-10,17-18,22-24H,5-6,11-16H2,1-4H3,(H,27,32)/t17-,18-,22-,23+,24+/m0/s1. The Labute approximate surface area is 202 Å². The van der Waals surface area contributed by atoms with Gasteiger partial charge in [-0.3, -0.25) is 14.4 Å². The predicted molar refractivity (Wildman–Crippen MR) is 131 cm³/mol. The number of anilines is 1. The minimum Gasteiger partial charge on any atom is -0.368 e. The summed E-state index contributed by atoms with van der Waals surface area (Å²) < 4.78 is 5.66. The zero-order valence-corrected chi connectivity index (χ0v) is 20.8. The fraction of sp³-hybridized carbons (Fsp3) is 0.654. The molecule has 4 rings (SSSR count). The lowest BCUT2D eigenvalue weighted by atomic mass is 9.96. The van der Waals surface area contributed by atoms with Crippen LogP contribution in [0.2, 0.25) is 0 Å². The highest BCUT2D eigenvalue weighted by molar-refractivity contribution is 6.02. The van der Waals surface area contributed by atoms with E-state index in [0.717, 1.165) is 44.8 Å². The van der Waals surface area contributed by atoms with Crippen LogP contribution in [0.25, 0.3) is 0 Å². The molecule has 3 fully saturated rings. The predicted octanol–water partition coefficient (Wildman–Crippen LogP) is 1.79. The number of ether oxygens (including phenoxy) is 1. The van der Waals surface area contributed by atoms with E-state index in [1.165, 1.54) is 0 Å². The third-order valence-corrected chi connectivity index (χ3v) is 7.80. The van der Waals surface area contributed by atoms with Crippen LogP contribution < -0.4 is 10.2 Å². The van der Waals surface area contributed by atoms with Gasteiger partial charge in [-0.1, -0.05) is 46.2 Å². The Morgan fingerprint density at radius 1 is 1.15 bits per heavy atom. The van der Waals surface area contributed by atoms with Gasteiger partial charge in [0.05, 0.1) is 11.7 Å². The lowest BCUT2D eigenvalue weighted by Gasteiger charge is -2.36. The number of amides is 2. The number of piperazine rings is 1. The van der Waals surface area contributed by atoms with Crippen LogP contribution in [0.3, 0.4) is 0 Å². The Hall–Kier alpha value is -2.45. The van der Waals surface area contributed by atoms with E-state index in [4.69, 9.17) is 4.74 Å². The van der Waals surface area contributed by atoms with Crippen molar-refractivity contribution >= 4 is 23.3 Å². The number of rotatable bonds is 7. The van der Waals surface area contributed by atoms with Crippen molar-refractivity contribution in [3.05, 3.63) is 29.8 Å². The zero-order valence-electron chi connectivity index (χ0n) is 20.8. The molecular weight excluding hydrogens is 432 g/mol. The molecule has 3 aliphatic rings. The zero-order chi connectivity index (χ0) is 24.4. The highest BCUT2D eigenvalue weighted by Crippen LogP contribution is 2.32. The maximum atomic E-state index is 13.7. The molecule has 2 amide bonds. The van der Waals surface area contributed by atoms with Crippen LogP contribution in [0.4, 0.5) is 5.69 Å². The van der Waals surface area contributed by atoms with Gasteiger partial charge in [-0.2, -0.15) is 0 Å². The van der Waals surface area contributed by atoms with Gasteiger partial charge in [-0.05, 0) is 24.6 Å². The summed E-state index contributed by atoms with van der Waals surface area (Å²) >= 11 is 0. The minimum absolute atomic E-state index is 0.0477. The smallest absolute Gasteiger partial charge is 0.254 e. The molecule has 3 heterocycles. The SMILES string of the molecule is CC[C@H](C)[C@H](NC(=O)c1ccccc1N1CCN(CC)CC1)C(=O)N1C[C@H](C)[C@H]2OCC(=O)[C@H]21. The van der Waals surface area contributed by atoms with Gasteiger partial charge in [0.1, 0.15) is 18.7 Å². The molecule has 0 spiro atoms. The molecule has 1 aromatic carbocycles. The Morgan fingerprint density at radius 2 is 1.85 bits per heavy atom.